The van der Waals surface area contributed by atoms with Gasteiger partial charge in [-0.1, -0.05) is 18.1 Å². The lowest BCUT2D eigenvalue weighted by molar-refractivity contribution is 0.121. The maximum atomic E-state index is 13.2. The number of furan rings is 1. The lowest BCUT2D eigenvalue weighted by Crippen LogP contribution is -2.17. The highest BCUT2D eigenvalue weighted by molar-refractivity contribution is 7.09. The molecular weight excluding hydrogens is 439 g/mol. The largest absolute Gasteiger partial charge is 0.447 e. The fourth-order valence-electron chi connectivity index (χ4n) is 3.26. The van der Waals surface area contributed by atoms with E-state index in [-0.39, 0.29) is 5.82 Å². The van der Waals surface area contributed by atoms with E-state index in [2.05, 4.69) is 32.1 Å². The van der Waals surface area contributed by atoms with Crippen molar-refractivity contribution in [3.8, 4) is 23.1 Å². The van der Waals surface area contributed by atoms with Crippen LogP contribution < -0.4 is 5.32 Å². The molecule has 0 aliphatic rings. The number of hydrogen-bond acceptors (Lipinski definition) is 7. The average Bonchev–Trinajstić information content (AvgIpc) is 3.50. The van der Waals surface area contributed by atoms with Crippen LogP contribution in [-0.2, 0) is 5.60 Å². The summed E-state index contributed by atoms with van der Waals surface area (Å²) in [5.41, 5.74) is 1.36. The predicted octanol–water partition coefficient (Wildman–Crippen LogP) is 5.49. The number of halogens is 1. The number of nitrogens with zero attached hydrogens (tertiary/aromatic N) is 3. The zero-order chi connectivity index (χ0) is 22.8. The first kappa shape index (κ1) is 20.8. The second-order valence-corrected chi connectivity index (χ2v) is 8.29. The Morgan fingerprint density at radius 1 is 1.09 bits per heavy atom. The maximum Gasteiger partial charge on any atom is 0.227 e. The first-order valence-electron chi connectivity index (χ1n) is 10.0. The number of rotatable bonds is 4. The van der Waals surface area contributed by atoms with E-state index >= 15 is 0 Å². The minimum atomic E-state index is -1.37. The van der Waals surface area contributed by atoms with Gasteiger partial charge in [0.05, 0.1) is 5.69 Å². The molecule has 162 valence electrons. The highest BCUT2D eigenvalue weighted by Gasteiger charge is 2.23. The van der Waals surface area contributed by atoms with Crippen molar-refractivity contribution in [2.45, 2.75) is 12.5 Å². The SMILES string of the molecule is CC(O)(C#Cc1cc2cccc(-c3ccnc(Nc4ccc(F)cc4)n3)c2o1)c1nccs1. The molecule has 5 rings (SSSR count). The summed E-state index contributed by atoms with van der Waals surface area (Å²) in [4.78, 5) is 13.0. The number of thiazole rings is 1. The topological polar surface area (TPSA) is 84.1 Å². The van der Waals surface area contributed by atoms with Crippen LogP contribution in [0.3, 0.4) is 0 Å². The van der Waals surface area contributed by atoms with Gasteiger partial charge < -0.3 is 14.8 Å². The van der Waals surface area contributed by atoms with E-state index in [1.165, 1.54) is 23.5 Å². The smallest absolute Gasteiger partial charge is 0.227 e. The monoisotopic (exact) mass is 456 g/mol. The van der Waals surface area contributed by atoms with E-state index in [4.69, 9.17) is 4.42 Å². The number of aromatic nitrogens is 3. The third-order valence-corrected chi connectivity index (χ3v) is 5.84. The van der Waals surface area contributed by atoms with Gasteiger partial charge in [-0.05, 0) is 49.2 Å². The summed E-state index contributed by atoms with van der Waals surface area (Å²) in [5, 5.41) is 16.8. The van der Waals surface area contributed by atoms with Crippen LogP contribution in [0.1, 0.15) is 17.7 Å². The predicted molar refractivity (Wildman–Crippen MR) is 125 cm³/mol. The summed E-state index contributed by atoms with van der Waals surface area (Å²) < 4.78 is 19.2. The molecule has 0 saturated carbocycles. The van der Waals surface area contributed by atoms with Gasteiger partial charge in [0.1, 0.15) is 16.4 Å². The van der Waals surface area contributed by atoms with Gasteiger partial charge in [0.2, 0.25) is 5.95 Å². The summed E-state index contributed by atoms with van der Waals surface area (Å²) >= 11 is 1.34. The lowest BCUT2D eigenvalue weighted by Gasteiger charge is -2.11. The van der Waals surface area contributed by atoms with Crippen LogP contribution in [0.4, 0.5) is 16.0 Å². The Labute approximate surface area is 192 Å². The van der Waals surface area contributed by atoms with Gasteiger partial charge in [0.15, 0.2) is 11.4 Å². The third-order valence-electron chi connectivity index (χ3n) is 4.85. The third kappa shape index (κ3) is 4.46. The van der Waals surface area contributed by atoms with Gasteiger partial charge in [-0.3, -0.25) is 0 Å². The molecule has 3 heterocycles. The molecule has 0 aliphatic heterocycles. The molecule has 3 aromatic heterocycles. The van der Waals surface area contributed by atoms with Crippen molar-refractivity contribution >= 4 is 33.9 Å². The van der Waals surface area contributed by atoms with Gasteiger partial charge in [0, 0.05) is 40.5 Å². The molecule has 6 nitrogen and oxygen atoms in total. The van der Waals surface area contributed by atoms with E-state index in [9.17, 15) is 9.50 Å². The van der Waals surface area contributed by atoms with Crippen LogP contribution in [-0.4, -0.2) is 20.1 Å². The molecule has 0 fully saturated rings. The zero-order valence-electron chi connectivity index (χ0n) is 17.4. The fraction of sp³-hybridized carbons (Fsp3) is 0.0800. The molecular formula is C25H17FN4O2S. The van der Waals surface area contributed by atoms with Crippen molar-refractivity contribution in [3.63, 3.8) is 0 Å². The Morgan fingerprint density at radius 3 is 2.73 bits per heavy atom. The number of fused-ring (bicyclic) bond motifs is 1. The van der Waals surface area contributed by atoms with Gasteiger partial charge >= 0.3 is 0 Å². The van der Waals surface area contributed by atoms with E-state index < -0.39 is 5.60 Å². The Balaban J connectivity index is 1.47. The lowest BCUT2D eigenvalue weighted by atomic mass is 10.1. The van der Waals surface area contributed by atoms with E-state index in [0.29, 0.717) is 33.7 Å². The first-order valence-corrected chi connectivity index (χ1v) is 10.9. The maximum absolute atomic E-state index is 13.2. The Hall–Kier alpha value is -4.06. The summed E-state index contributed by atoms with van der Waals surface area (Å²) in [6, 6.07) is 15.3. The quantitative estimate of drug-likeness (QED) is 0.348. The molecule has 0 saturated heterocycles. The molecule has 0 aliphatic carbocycles. The number of benzene rings is 2. The summed E-state index contributed by atoms with van der Waals surface area (Å²) in [6.07, 6.45) is 3.27. The van der Waals surface area contributed by atoms with Gasteiger partial charge in [-0.25, -0.2) is 19.3 Å². The molecule has 0 radical (unpaired) electrons. The number of aliphatic hydroxyl groups is 1. The number of para-hydroxylation sites is 1. The van der Waals surface area contributed by atoms with Crippen molar-refractivity contribution in [1.29, 1.82) is 0 Å². The number of anilines is 2. The van der Waals surface area contributed by atoms with Gasteiger partial charge in [-0.15, -0.1) is 11.3 Å². The average molecular weight is 457 g/mol. The fourth-order valence-corrected chi connectivity index (χ4v) is 3.91. The molecule has 1 unspecified atom stereocenters. The molecule has 5 aromatic rings. The highest BCUT2D eigenvalue weighted by atomic mass is 32.1. The minimum absolute atomic E-state index is 0.313. The van der Waals surface area contributed by atoms with E-state index in [0.717, 1.165) is 10.9 Å². The highest BCUT2D eigenvalue weighted by Crippen LogP contribution is 2.31. The molecule has 33 heavy (non-hydrogen) atoms. The van der Waals surface area contributed by atoms with Crippen molar-refractivity contribution in [3.05, 3.63) is 89.0 Å². The van der Waals surface area contributed by atoms with Crippen molar-refractivity contribution < 1.29 is 13.9 Å². The molecule has 1 atom stereocenters. The van der Waals surface area contributed by atoms with Crippen LogP contribution in [0.2, 0.25) is 0 Å². The zero-order valence-corrected chi connectivity index (χ0v) is 18.2. The molecule has 2 aromatic carbocycles. The van der Waals surface area contributed by atoms with Crippen LogP contribution in [0, 0.1) is 17.7 Å². The minimum Gasteiger partial charge on any atom is -0.447 e. The molecule has 2 N–H and O–H groups in total. The van der Waals surface area contributed by atoms with Crippen LogP contribution >= 0.6 is 11.3 Å². The molecule has 0 spiro atoms. The standard InChI is InChI=1S/C25H17FN4O2S/c1-25(31,23-27-13-14-33-23)11-9-19-15-16-3-2-4-20(22(16)32-19)21-10-12-28-24(30-21)29-18-7-5-17(26)6-8-18/h2-8,10,12-15,31H,1H3,(H,28,29,30). The van der Waals surface area contributed by atoms with Crippen LogP contribution in [0.15, 0.2) is 76.8 Å². The van der Waals surface area contributed by atoms with E-state index in [1.807, 2.05) is 24.3 Å². The van der Waals surface area contributed by atoms with Crippen molar-refractivity contribution in [1.82, 2.24) is 15.0 Å². The first-order chi connectivity index (χ1) is 16.0. The second-order valence-electron chi connectivity index (χ2n) is 7.39. The van der Waals surface area contributed by atoms with Crippen molar-refractivity contribution in [2.75, 3.05) is 5.32 Å². The van der Waals surface area contributed by atoms with Crippen LogP contribution in [0.5, 0.6) is 0 Å². The Morgan fingerprint density at radius 2 is 1.94 bits per heavy atom. The Bertz CT molecular complexity index is 1480. The summed E-state index contributed by atoms with van der Waals surface area (Å²) in [6.45, 7) is 1.60. The second kappa shape index (κ2) is 8.47. The Kier molecular flexibility index (Phi) is 5.34. The van der Waals surface area contributed by atoms with E-state index in [1.54, 1.807) is 42.9 Å². The summed E-state index contributed by atoms with van der Waals surface area (Å²) in [5.74, 6) is 6.24. The normalized spacial score (nSPS) is 12.7. The van der Waals surface area contributed by atoms with Gasteiger partial charge in [-0.2, -0.15) is 0 Å². The molecule has 8 heteroatoms. The number of hydrogen-bond donors (Lipinski definition) is 2. The van der Waals surface area contributed by atoms with Crippen molar-refractivity contribution in [2.24, 2.45) is 0 Å². The summed E-state index contributed by atoms with van der Waals surface area (Å²) in [7, 11) is 0. The molecule has 0 bridgehead atoms. The molecule has 0 amide bonds. The number of nitrogens with one attached hydrogen (secondary N) is 1. The van der Waals surface area contributed by atoms with Gasteiger partial charge in [0.25, 0.3) is 0 Å². The van der Waals surface area contributed by atoms with Crippen LogP contribution in [0.25, 0.3) is 22.2 Å².